The van der Waals surface area contributed by atoms with E-state index in [9.17, 15) is 0 Å². The first-order chi connectivity index (χ1) is 9.04. The van der Waals surface area contributed by atoms with Crippen molar-refractivity contribution in [2.75, 3.05) is 13.7 Å². The summed E-state index contributed by atoms with van der Waals surface area (Å²) in [6.45, 7) is 9.97. The second-order valence-electron chi connectivity index (χ2n) is 6.08. The molecule has 4 heteroatoms. The Balaban J connectivity index is 2.10. The van der Waals surface area contributed by atoms with Crippen LogP contribution in [0.4, 0.5) is 0 Å². The Hall–Kier alpha value is -1.03. The molecule has 0 amide bonds. The van der Waals surface area contributed by atoms with Crippen molar-refractivity contribution in [3.63, 3.8) is 0 Å². The van der Waals surface area contributed by atoms with Crippen LogP contribution >= 0.6 is 0 Å². The lowest BCUT2D eigenvalue weighted by atomic mass is 9.92. The summed E-state index contributed by atoms with van der Waals surface area (Å²) in [6, 6.07) is 1.14. The Morgan fingerprint density at radius 3 is 2.58 bits per heavy atom. The molecule has 4 nitrogen and oxygen atoms in total. The lowest BCUT2D eigenvalue weighted by Gasteiger charge is -2.23. The van der Waals surface area contributed by atoms with E-state index in [2.05, 4.69) is 42.8 Å². The quantitative estimate of drug-likeness (QED) is 0.824. The van der Waals surface area contributed by atoms with Gasteiger partial charge in [-0.05, 0) is 39.2 Å². The maximum Gasteiger partial charge on any atom is 0.160 e. The highest BCUT2D eigenvalue weighted by Gasteiger charge is 2.26. The van der Waals surface area contributed by atoms with Crippen molar-refractivity contribution in [2.24, 2.45) is 5.92 Å². The standard InChI is InChI=1S/C15H27N3O/c1-10(2)18-15(14(19-5)9-17-18)12(4)11(3)8-16-13-6-7-13/h9-13,16H,6-8H2,1-5H3. The highest BCUT2D eigenvalue weighted by molar-refractivity contribution is 5.29. The number of nitrogens with zero attached hydrogens (tertiary/aromatic N) is 2. The second kappa shape index (κ2) is 5.95. The Bertz CT molecular complexity index is 410. The molecule has 2 atom stereocenters. The number of rotatable bonds is 7. The highest BCUT2D eigenvalue weighted by Crippen LogP contribution is 2.33. The van der Waals surface area contributed by atoms with Crippen molar-refractivity contribution >= 4 is 0 Å². The third kappa shape index (κ3) is 3.30. The normalized spacial score (nSPS) is 18.6. The van der Waals surface area contributed by atoms with Crippen LogP contribution in [0.3, 0.4) is 0 Å². The van der Waals surface area contributed by atoms with Crippen LogP contribution in [0.1, 0.15) is 58.2 Å². The van der Waals surface area contributed by atoms with Gasteiger partial charge in [-0.1, -0.05) is 13.8 Å². The molecule has 1 fully saturated rings. The van der Waals surface area contributed by atoms with Crippen molar-refractivity contribution in [1.82, 2.24) is 15.1 Å². The van der Waals surface area contributed by atoms with Gasteiger partial charge in [-0.15, -0.1) is 0 Å². The summed E-state index contributed by atoms with van der Waals surface area (Å²) in [5.74, 6) is 1.93. The number of aromatic nitrogens is 2. The Kier molecular flexibility index (Phi) is 4.50. The smallest absolute Gasteiger partial charge is 0.160 e. The molecule has 1 N–H and O–H groups in total. The minimum Gasteiger partial charge on any atom is -0.493 e. The highest BCUT2D eigenvalue weighted by atomic mass is 16.5. The summed E-state index contributed by atoms with van der Waals surface area (Å²) >= 11 is 0. The topological polar surface area (TPSA) is 39.1 Å². The molecule has 1 saturated carbocycles. The fourth-order valence-corrected chi connectivity index (χ4v) is 2.44. The average molecular weight is 265 g/mol. The molecule has 19 heavy (non-hydrogen) atoms. The zero-order valence-corrected chi connectivity index (χ0v) is 12.8. The number of hydrogen-bond acceptors (Lipinski definition) is 3. The summed E-state index contributed by atoms with van der Waals surface area (Å²) < 4.78 is 7.58. The van der Waals surface area contributed by atoms with Crippen molar-refractivity contribution in [3.8, 4) is 5.75 Å². The van der Waals surface area contributed by atoms with Crippen molar-refractivity contribution in [3.05, 3.63) is 11.9 Å². The zero-order chi connectivity index (χ0) is 14.0. The first-order valence-electron chi connectivity index (χ1n) is 7.39. The number of nitrogens with one attached hydrogen (secondary N) is 1. The largest absolute Gasteiger partial charge is 0.493 e. The van der Waals surface area contributed by atoms with Gasteiger partial charge in [-0.3, -0.25) is 4.68 Å². The first kappa shape index (κ1) is 14.4. The molecule has 1 heterocycles. The first-order valence-corrected chi connectivity index (χ1v) is 7.39. The maximum atomic E-state index is 5.48. The van der Waals surface area contributed by atoms with E-state index >= 15 is 0 Å². The van der Waals surface area contributed by atoms with E-state index < -0.39 is 0 Å². The molecule has 0 spiro atoms. The third-order valence-corrected chi connectivity index (χ3v) is 4.10. The van der Waals surface area contributed by atoms with E-state index in [-0.39, 0.29) is 0 Å². The second-order valence-corrected chi connectivity index (χ2v) is 6.08. The van der Waals surface area contributed by atoms with Crippen molar-refractivity contribution < 1.29 is 4.74 Å². The molecule has 0 aliphatic heterocycles. The fraction of sp³-hybridized carbons (Fsp3) is 0.800. The van der Waals surface area contributed by atoms with Gasteiger partial charge in [0.1, 0.15) is 0 Å². The predicted molar refractivity (Wildman–Crippen MR) is 77.8 cm³/mol. The van der Waals surface area contributed by atoms with Crippen LogP contribution in [-0.2, 0) is 0 Å². The van der Waals surface area contributed by atoms with Gasteiger partial charge in [-0.2, -0.15) is 5.10 Å². The van der Waals surface area contributed by atoms with Crippen LogP contribution in [0.2, 0.25) is 0 Å². The minimum absolute atomic E-state index is 0.366. The molecule has 1 aromatic heterocycles. The molecule has 0 radical (unpaired) electrons. The zero-order valence-electron chi connectivity index (χ0n) is 12.8. The van der Waals surface area contributed by atoms with E-state index in [1.54, 1.807) is 7.11 Å². The Morgan fingerprint density at radius 1 is 1.37 bits per heavy atom. The average Bonchev–Trinajstić information content (AvgIpc) is 3.11. The van der Waals surface area contributed by atoms with Crippen LogP contribution in [0, 0.1) is 5.92 Å². The minimum atomic E-state index is 0.366. The molecule has 108 valence electrons. The van der Waals surface area contributed by atoms with E-state index in [1.165, 1.54) is 18.5 Å². The molecule has 0 saturated heterocycles. The fourth-order valence-electron chi connectivity index (χ4n) is 2.44. The van der Waals surface area contributed by atoms with Crippen LogP contribution in [0.25, 0.3) is 0 Å². The summed E-state index contributed by atoms with van der Waals surface area (Å²) in [5.41, 5.74) is 1.22. The van der Waals surface area contributed by atoms with Gasteiger partial charge < -0.3 is 10.1 Å². The molecule has 1 aliphatic carbocycles. The SMILES string of the molecule is COc1cnn(C(C)C)c1C(C)C(C)CNC1CC1. The molecule has 1 aliphatic rings. The monoisotopic (exact) mass is 265 g/mol. The van der Waals surface area contributed by atoms with Gasteiger partial charge in [0.05, 0.1) is 19.0 Å². The predicted octanol–water partition coefficient (Wildman–Crippen LogP) is 2.96. The van der Waals surface area contributed by atoms with E-state index in [0.717, 1.165) is 18.3 Å². The van der Waals surface area contributed by atoms with Gasteiger partial charge >= 0.3 is 0 Å². The molecule has 2 unspecified atom stereocenters. The summed E-state index contributed by atoms with van der Waals surface area (Å²) in [6.07, 6.45) is 4.52. The molecule has 1 aromatic rings. The Labute approximate surface area is 116 Å². The number of methoxy groups -OCH3 is 1. The van der Waals surface area contributed by atoms with Crippen LogP contribution in [-0.4, -0.2) is 29.5 Å². The van der Waals surface area contributed by atoms with Gasteiger partial charge in [0, 0.05) is 18.0 Å². The maximum absolute atomic E-state index is 5.48. The van der Waals surface area contributed by atoms with E-state index in [1.807, 2.05) is 6.20 Å². The Morgan fingerprint density at radius 2 is 2.05 bits per heavy atom. The van der Waals surface area contributed by atoms with Crippen molar-refractivity contribution in [2.45, 2.75) is 58.5 Å². The van der Waals surface area contributed by atoms with Crippen LogP contribution < -0.4 is 10.1 Å². The molecule has 0 aromatic carbocycles. The van der Waals surface area contributed by atoms with Gasteiger partial charge in [-0.25, -0.2) is 0 Å². The lowest BCUT2D eigenvalue weighted by molar-refractivity contribution is 0.369. The van der Waals surface area contributed by atoms with Crippen molar-refractivity contribution in [1.29, 1.82) is 0 Å². The lowest BCUT2D eigenvalue weighted by Crippen LogP contribution is -2.27. The summed E-state index contributed by atoms with van der Waals surface area (Å²) in [5, 5.41) is 8.08. The third-order valence-electron chi connectivity index (χ3n) is 4.10. The molecule has 0 bridgehead atoms. The van der Waals surface area contributed by atoms with Crippen LogP contribution in [0.15, 0.2) is 6.20 Å². The number of ether oxygens (including phenoxy) is 1. The van der Waals surface area contributed by atoms with Gasteiger partial charge in [0.25, 0.3) is 0 Å². The van der Waals surface area contributed by atoms with E-state index in [4.69, 9.17) is 4.74 Å². The molecular weight excluding hydrogens is 238 g/mol. The summed E-state index contributed by atoms with van der Waals surface area (Å²) in [4.78, 5) is 0. The molecular formula is C15H27N3O. The van der Waals surface area contributed by atoms with E-state index in [0.29, 0.717) is 17.9 Å². The molecule has 2 rings (SSSR count). The summed E-state index contributed by atoms with van der Waals surface area (Å²) in [7, 11) is 1.73. The van der Waals surface area contributed by atoms with Crippen LogP contribution in [0.5, 0.6) is 5.75 Å². The van der Waals surface area contributed by atoms with Gasteiger partial charge in [0.15, 0.2) is 5.75 Å². The van der Waals surface area contributed by atoms with Gasteiger partial charge in [0.2, 0.25) is 0 Å². The number of hydrogen-bond donors (Lipinski definition) is 1.